The van der Waals surface area contributed by atoms with Gasteiger partial charge in [0.05, 0.1) is 5.69 Å². The summed E-state index contributed by atoms with van der Waals surface area (Å²) in [6, 6.07) is 8.89. The van der Waals surface area contributed by atoms with Gasteiger partial charge in [-0.3, -0.25) is 4.72 Å². The first kappa shape index (κ1) is 16.1. The average molecular weight is 338 g/mol. The van der Waals surface area contributed by atoms with Gasteiger partial charge >= 0.3 is 0 Å². The molecule has 122 valence electrons. The van der Waals surface area contributed by atoms with Crippen LogP contribution in [0.1, 0.15) is 42.9 Å². The van der Waals surface area contributed by atoms with Gasteiger partial charge < -0.3 is 0 Å². The lowest BCUT2D eigenvalue weighted by Gasteiger charge is -2.44. The average Bonchev–Trinajstić information content (AvgIpc) is 2.67. The van der Waals surface area contributed by atoms with Gasteiger partial charge in [-0.2, -0.15) is 0 Å². The Morgan fingerprint density at radius 2 is 1.77 bits per heavy atom. The predicted molar refractivity (Wildman–Crippen MR) is 95.4 cm³/mol. The van der Waals surface area contributed by atoms with Crippen molar-refractivity contribution in [3.63, 3.8) is 0 Å². The molecule has 1 aliphatic carbocycles. The lowest BCUT2D eigenvalue weighted by atomic mass is 9.71. The zero-order chi connectivity index (χ0) is 16.0. The van der Waals surface area contributed by atoms with Crippen molar-refractivity contribution in [2.75, 3.05) is 4.72 Å². The maximum absolute atomic E-state index is 12.9. The third-order valence-corrected chi connectivity index (χ3v) is 8.74. The van der Waals surface area contributed by atoms with Crippen LogP contribution in [0.2, 0.25) is 25.7 Å². The van der Waals surface area contributed by atoms with Gasteiger partial charge in [0.25, 0.3) is 0 Å². The molecule has 0 bridgehead atoms. The molecule has 1 unspecified atom stereocenters. The molecular formula is C17H27NO2SSi. The molecule has 5 heteroatoms. The van der Waals surface area contributed by atoms with E-state index in [1.165, 1.54) is 19.3 Å². The van der Waals surface area contributed by atoms with Crippen LogP contribution in [-0.2, 0) is 10.0 Å². The molecule has 0 spiro atoms. The smallest absolute Gasteiger partial charge is 0.240 e. The maximum Gasteiger partial charge on any atom is 0.240 e. The molecule has 1 aromatic carbocycles. The molecule has 0 saturated heterocycles. The maximum atomic E-state index is 12.9. The van der Waals surface area contributed by atoms with Gasteiger partial charge in [-0.15, -0.1) is 0 Å². The summed E-state index contributed by atoms with van der Waals surface area (Å²) in [5.41, 5.74) is 1.73. The monoisotopic (exact) mass is 337 g/mol. The van der Waals surface area contributed by atoms with Gasteiger partial charge in [-0.25, -0.2) is 8.42 Å². The Morgan fingerprint density at radius 3 is 2.41 bits per heavy atom. The molecule has 1 atom stereocenters. The number of anilines is 1. The molecule has 0 amide bonds. The van der Waals surface area contributed by atoms with E-state index in [0.29, 0.717) is 0 Å². The highest BCUT2D eigenvalue weighted by atomic mass is 32.2. The van der Waals surface area contributed by atoms with Gasteiger partial charge in [0.2, 0.25) is 10.0 Å². The van der Waals surface area contributed by atoms with Gasteiger partial charge in [-0.05, 0) is 29.9 Å². The van der Waals surface area contributed by atoms with E-state index in [1.54, 1.807) is 0 Å². The zero-order valence-electron chi connectivity index (χ0n) is 13.9. The zero-order valence-corrected chi connectivity index (χ0v) is 15.7. The summed E-state index contributed by atoms with van der Waals surface area (Å²) in [5.74, 6) is 0. The molecule has 1 saturated carbocycles. The number of para-hydroxylation sites is 1. The summed E-state index contributed by atoms with van der Waals surface area (Å²) in [6.07, 6.45) is 5.68. The number of hydrogen-bond acceptors (Lipinski definition) is 2. The molecule has 1 aromatic rings. The number of hydrogen-bond donors (Lipinski definition) is 1. The summed E-state index contributed by atoms with van der Waals surface area (Å²) in [5, 5.41) is -0.358. The molecule has 0 aromatic heterocycles. The van der Waals surface area contributed by atoms with E-state index in [-0.39, 0.29) is 10.7 Å². The van der Waals surface area contributed by atoms with Crippen molar-refractivity contribution >= 4 is 23.8 Å². The summed E-state index contributed by atoms with van der Waals surface area (Å²) >= 11 is 0. The Morgan fingerprint density at radius 1 is 1.14 bits per heavy atom. The lowest BCUT2D eigenvalue weighted by molar-refractivity contribution is 0.203. The molecule has 1 fully saturated rings. The van der Waals surface area contributed by atoms with Crippen molar-refractivity contribution in [2.45, 2.75) is 63.0 Å². The van der Waals surface area contributed by atoms with Crippen LogP contribution in [0.4, 0.5) is 5.69 Å². The van der Waals surface area contributed by atoms with Crippen molar-refractivity contribution < 1.29 is 8.42 Å². The van der Waals surface area contributed by atoms with Gasteiger partial charge in [0.1, 0.15) is 5.25 Å². The van der Waals surface area contributed by atoms with Crippen molar-refractivity contribution in [2.24, 2.45) is 5.41 Å². The Kier molecular flexibility index (Phi) is 3.92. The Hall–Kier alpha value is -0.813. The van der Waals surface area contributed by atoms with E-state index in [1.807, 2.05) is 24.3 Å². The molecule has 2 aliphatic rings. The highest BCUT2D eigenvalue weighted by molar-refractivity contribution is 7.93. The van der Waals surface area contributed by atoms with Crippen LogP contribution in [0.15, 0.2) is 24.3 Å². The van der Waals surface area contributed by atoms with Crippen LogP contribution in [-0.4, -0.2) is 16.5 Å². The van der Waals surface area contributed by atoms with Crippen molar-refractivity contribution in [3.8, 4) is 0 Å². The van der Waals surface area contributed by atoms with E-state index in [4.69, 9.17) is 0 Å². The number of rotatable bonds is 3. The van der Waals surface area contributed by atoms with Crippen LogP contribution in [0, 0.1) is 5.41 Å². The first-order valence-corrected chi connectivity index (χ1v) is 13.6. The minimum Gasteiger partial charge on any atom is -0.283 e. The Balaban J connectivity index is 2.11. The van der Waals surface area contributed by atoms with E-state index >= 15 is 0 Å². The molecule has 1 heterocycles. The molecule has 22 heavy (non-hydrogen) atoms. The van der Waals surface area contributed by atoms with E-state index in [2.05, 4.69) is 24.4 Å². The van der Waals surface area contributed by atoms with E-state index < -0.39 is 18.1 Å². The van der Waals surface area contributed by atoms with Crippen molar-refractivity contribution in [1.82, 2.24) is 0 Å². The fraction of sp³-hybridized carbons (Fsp3) is 0.647. The number of benzene rings is 1. The van der Waals surface area contributed by atoms with Crippen LogP contribution < -0.4 is 4.72 Å². The molecule has 1 N–H and O–H groups in total. The van der Waals surface area contributed by atoms with Crippen LogP contribution in [0.25, 0.3) is 0 Å². The van der Waals surface area contributed by atoms with Crippen molar-refractivity contribution in [3.05, 3.63) is 29.8 Å². The summed E-state index contributed by atoms with van der Waals surface area (Å²) in [7, 11) is -4.66. The van der Waals surface area contributed by atoms with Gasteiger partial charge in [0, 0.05) is 8.07 Å². The third kappa shape index (κ3) is 2.85. The molecule has 3 nitrogen and oxygen atoms in total. The Labute approximate surface area is 135 Å². The van der Waals surface area contributed by atoms with Crippen LogP contribution in [0.3, 0.4) is 0 Å². The van der Waals surface area contributed by atoms with Gasteiger partial charge in [0.15, 0.2) is 0 Å². The lowest BCUT2D eigenvalue weighted by Crippen LogP contribution is -2.41. The fourth-order valence-corrected chi connectivity index (χ4v) is 9.65. The molecule has 3 rings (SSSR count). The van der Waals surface area contributed by atoms with Crippen molar-refractivity contribution in [1.29, 1.82) is 0 Å². The molecule has 0 radical (unpaired) electrons. The second-order valence-corrected chi connectivity index (χ2v) is 15.5. The van der Waals surface area contributed by atoms with E-state index in [0.717, 1.165) is 30.1 Å². The second kappa shape index (κ2) is 5.37. The first-order chi connectivity index (χ1) is 10.2. The number of fused-ring (bicyclic) bond motifs is 1. The normalized spacial score (nSPS) is 26.2. The highest BCUT2D eigenvalue weighted by Gasteiger charge is 2.52. The Bertz CT molecular complexity index is 657. The summed E-state index contributed by atoms with van der Waals surface area (Å²) in [4.78, 5) is 0. The minimum absolute atomic E-state index is 0.0683. The fourth-order valence-electron chi connectivity index (χ4n) is 4.70. The van der Waals surface area contributed by atoms with Crippen LogP contribution in [0.5, 0.6) is 0 Å². The SMILES string of the molecule is C[Si](C)(C)CC1(C2c3ccccc3NS2(=O)=O)CCCCC1. The quantitative estimate of drug-likeness (QED) is 0.807. The minimum atomic E-state index is -3.30. The first-order valence-electron chi connectivity index (χ1n) is 8.34. The molecule has 1 aliphatic heterocycles. The summed E-state index contributed by atoms with van der Waals surface area (Å²) in [6.45, 7) is 7.10. The topological polar surface area (TPSA) is 46.2 Å². The predicted octanol–water partition coefficient (Wildman–Crippen LogP) is 4.77. The second-order valence-electron chi connectivity index (χ2n) is 8.27. The van der Waals surface area contributed by atoms with Gasteiger partial charge in [-0.1, -0.05) is 63.1 Å². The summed E-state index contributed by atoms with van der Waals surface area (Å²) < 4.78 is 28.6. The highest BCUT2D eigenvalue weighted by Crippen LogP contribution is 2.58. The largest absolute Gasteiger partial charge is 0.283 e. The number of nitrogens with one attached hydrogen (secondary N) is 1. The third-order valence-electron chi connectivity index (χ3n) is 5.09. The van der Waals surface area contributed by atoms with E-state index in [9.17, 15) is 8.42 Å². The number of sulfonamides is 1. The van der Waals surface area contributed by atoms with Crippen LogP contribution >= 0.6 is 0 Å². The standard InChI is InChI=1S/C17H27NO2SSi/c1-22(2,3)13-17(11-7-4-8-12-17)16-14-9-5-6-10-15(14)18-21(16,19)20/h5-6,9-10,16,18H,4,7-8,11-13H2,1-3H3. The molecular weight excluding hydrogens is 310 g/mol.